The molecule has 1 aromatic heterocycles. The Balaban J connectivity index is 0.00000256. The van der Waals surface area contributed by atoms with Gasteiger partial charge in [-0.25, -0.2) is 0 Å². The Labute approximate surface area is 200 Å². The molecular formula is C26H27IN2S. The number of thiazole rings is 1. The average molecular weight is 526 g/mol. The largest absolute Gasteiger partial charge is 1.00 e. The van der Waals surface area contributed by atoms with Crippen LogP contribution >= 0.6 is 11.3 Å². The highest BCUT2D eigenvalue weighted by atomic mass is 127. The SMILES string of the molecule is CN(C)c1ccc(/C=C/c2sc3ccccc3[n+]2CCCc2ccccc2)cc1.[I-]. The van der Waals surface area contributed by atoms with Gasteiger partial charge in [-0.1, -0.05) is 65.9 Å². The Morgan fingerprint density at radius 2 is 1.53 bits per heavy atom. The second-order valence-electron chi connectivity index (χ2n) is 7.47. The summed E-state index contributed by atoms with van der Waals surface area (Å²) >= 11 is 1.87. The highest BCUT2D eigenvalue weighted by Gasteiger charge is 2.17. The number of aromatic nitrogens is 1. The van der Waals surface area contributed by atoms with Crippen LogP contribution < -0.4 is 33.4 Å². The van der Waals surface area contributed by atoms with E-state index in [0.717, 1.165) is 19.4 Å². The smallest absolute Gasteiger partial charge is 0.262 e. The van der Waals surface area contributed by atoms with Crippen LogP contribution in [0.15, 0.2) is 78.9 Å². The molecule has 0 aliphatic heterocycles. The second kappa shape index (κ2) is 10.7. The van der Waals surface area contributed by atoms with Crippen molar-refractivity contribution in [1.82, 2.24) is 0 Å². The molecule has 0 saturated heterocycles. The van der Waals surface area contributed by atoms with Crippen LogP contribution in [0.3, 0.4) is 0 Å². The fourth-order valence-corrected chi connectivity index (χ4v) is 4.64. The van der Waals surface area contributed by atoms with E-state index in [2.05, 4.69) is 115 Å². The van der Waals surface area contributed by atoms with Crippen LogP contribution in [0.25, 0.3) is 22.4 Å². The molecule has 0 radical (unpaired) electrons. The molecule has 0 bridgehead atoms. The molecule has 4 aromatic rings. The van der Waals surface area contributed by atoms with Crippen LogP contribution in [-0.2, 0) is 13.0 Å². The van der Waals surface area contributed by atoms with E-state index in [0.29, 0.717) is 0 Å². The predicted octanol–water partition coefficient (Wildman–Crippen LogP) is 3.06. The molecule has 1 heterocycles. The number of anilines is 1. The molecule has 0 fully saturated rings. The van der Waals surface area contributed by atoms with E-state index in [-0.39, 0.29) is 24.0 Å². The summed E-state index contributed by atoms with van der Waals surface area (Å²) < 4.78 is 3.81. The van der Waals surface area contributed by atoms with E-state index in [9.17, 15) is 0 Å². The van der Waals surface area contributed by atoms with Gasteiger partial charge in [-0.15, -0.1) is 0 Å². The maximum absolute atomic E-state index is 2.47. The van der Waals surface area contributed by atoms with Crippen molar-refractivity contribution in [3.63, 3.8) is 0 Å². The van der Waals surface area contributed by atoms with Gasteiger partial charge in [0.2, 0.25) is 5.52 Å². The minimum Gasteiger partial charge on any atom is -1.00 e. The number of para-hydroxylation sites is 1. The quantitative estimate of drug-likeness (QED) is 0.265. The van der Waals surface area contributed by atoms with E-state index >= 15 is 0 Å². The molecule has 0 atom stereocenters. The maximum atomic E-state index is 2.47. The van der Waals surface area contributed by atoms with Gasteiger partial charge in [-0.3, -0.25) is 0 Å². The van der Waals surface area contributed by atoms with Crippen molar-refractivity contribution in [2.24, 2.45) is 0 Å². The molecule has 0 amide bonds. The normalized spacial score (nSPS) is 11.0. The summed E-state index contributed by atoms with van der Waals surface area (Å²) in [6.07, 6.45) is 6.72. The Morgan fingerprint density at radius 3 is 2.27 bits per heavy atom. The number of aryl methyl sites for hydroxylation is 2. The monoisotopic (exact) mass is 526 g/mol. The first kappa shape index (κ1) is 22.5. The number of fused-ring (bicyclic) bond motifs is 1. The van der Waals surface area contributed by atoms with Crippen molar-refractivity contribution in [2.45, 2.75) is 19.4 Å². The Morgan fingerprint density at radius 1 is 0.833 bits per heavy atom. The number of hydrogen-bond donors (Lipinski definition) is 0. The summed E-state index contributed by atoms with van der Waals surface area (Å²) in [5, 5.41) is 1.30. The van der Waals surface area contributed by atoms with Gasteiger partial charge in [0.15, 0.2) is 6.54 Å². The highest BCUT2D eigenvalue weighted by molar-refractivity contribution is 7.18. The van der Waals surface area contributed by atoms with Gasteiger partial charge in [-0.2, -0.15) is 4.57 Å². The molecule has 0 aliphatic carbocycles. The lowest BCUT2D eigenvalue weighted by Crippen LogP contribution is -3.00. The summed E-state index contributed by atoms with van der Waals surface area (Å²) in [6.45, 7) is 1.03. The first-order valence-corrected chi connectivity index (χ1v) is 10.9. The standard InChI is InChI=1S/C26H27N2S.HI/c1-27(2)23-17-14-22(15-18-23)16-19-26-28(24-12-6-7-13-25(24)29-26)20-8-11-21-9-4-3-5-10-21;/h3-7,9-10,12-19H,8,11,20H2,1-2H3;1H/q+1;/p-1. The molecule has 0 unspecified atom stereocenters. The molecule has 0 N–H and O–H groups in total. The molecule has 4 rings (SSSR count). The predicted molar refractivity (Wildman–Crippen MR) is 126 cm³/mol. The van der Waals surface area contributed by atoms with Crippen molar-refractivity contribution in [2.75, 3.05) is 19.0 Å². The Hall–Kier alpha value is -2.18. The van der Waals surface area contributed by atoms with Crippen molar-refractivity contribution >= 4 is 39.4 Å². The molecular weight excluding hydrogens is 499 g/mol. The summed E-state index contributed by atoms with van der Waals surface area (Å²) in [6, 6.07) is 28.2. The average Bonchev–Trinajstić information content (AvgIpc) is 3.11. The van der Waals surface area contributed by atoms with Gasteiger partial charge in [0, 0.05) is 38.3 Å². The molecule has 4 heteroatoms. The fraction of sp³-hybridized carbons (Fsp3) is 0.192. The van der Waals surface area contributed by atoms with E-state index in [4.69, 9.17) is 0 Å². The van der Waals surface area contributed by atoms with Crippen molar-refractivity contribution < 1.29 is 28.5 Å². The maximum Gasteiger partial charge on any atom is 0.262 e. The van der Waals surface area contributed by atoms with Crippen LogP contribution in [0.1, 0.15) is 22.6 Å². The summed E-state index contributed by atoms with van der Waals surface area (Å²) in [5.41, 5.74) is 5.18. The van der Waals surface area contributed by atoms with Gasteiger partial charge in [0.1, 0.15) is 4.70 Å². The van der Waals surface area contributed by atoms with E-state index in [1.54, 1.807) is 0 Å². The number of nitrogens with zero attached hydrogens (tertiary/aromatic N) is 2. The van der Waals surface area contributed by atoms with Crippen LogP contribution in [0.2, 0.25) is 0 Å². The number of benzene rings is 3. The number of halogens is 1. The van der Waals surface area contributed by atoms with Crippen LogP contribution in [-0.4, -0.2) is 14.1 Å². The van der Waals surface area contributed by atoms with Crippen LogP contribution in [0.5, 0.6) is 0 Å². The molecule has 3 aromatic carbocycles. The van der Waals surface area contributed by atoms with Gasteiger partial charge < -0.3 is 28.9 Å². The van der Waals surface area contributed by atoms with Gasteiger partial charge in [-0.05, 0) is 41.8 Å². The van der Waals surface area contributed by atoms with E-state index in [1.165, 1.54) is 32.0 Å². The van der Waals surface area contributed by atoms with E-state index in [1.807, 2.05) is 11.3 Å². The molecule has 0 aliphatic rings. The van der Waals surface area contributed by atoms with Gasteiger partial charge in [0.25, 0.3) is 5.01 Å². The summed E-state index contributed by atoms with van der Waals surface area (Å²) in [4.78, 5) is 2.13. The lowest BCUT2D eigenvalue weighted by molar-refractivity contribution is -0.669. The zero-order chi connectivity index (χ0) is 20.1. The second-order valence-corrected chi connectivity index (χ2v) is 8.53. The zero-order valence-corrected chi connectivity index (χ0v) is 20.4. The van der Waals surface area contributed by atoms with Crippen molar-refractivity contribution in [1.29, 1.82) is 0 Å². The third kappa shape index (κ3) is 5.49. The Bertz CT molecular complexity index is 1100. The molecule has 0 spiro atoms. The molecule has 0 saturated carbocycles. The number of rotatable bonds is 7. The molecule has 30 heavy (non-hydrogen) atoms. The topological polar surface area (TPSA) is 7.12 Å². The highest BCUT2D eigenvalue weighted by Crippen LogP contribution is 2.23. The van der Waals surface area contributed by atoms with Crippen LogP contribution in [0, 0.1) is 0 Å². The third-order valence-corrected chi connectivity index (χ3v) is 6.29. The van der Waals surface area contributed by atoms with Crippen molar-refractivity contribution in [3.05, 3.63) is 95.0 Å². The molecule has 2 nitrogen and oxygen atoms in total. The number of hydrogen-bond acceptors (Lipinski definition) is 2. The first-order valence-electron chi connectivity index (χ1n) is 10.1. The molecule has 154 valence electrons. The summed E-state index contributed by atoms with van der Waals surface area (Å²) in [5.74, 6) is 0. The van der Waals surface area contributed by atoms with Crippen molar-refractivity contribution in [3.8, 4) is 0 Å². The van der Waals surface area contributed by atoms with Gasteiger partial charge in [0.05, 0.1) is 0 Å². The lowest BCUT2D eigenvalue weighted by Gasteiger charge is -2.11. The van der Waals surface area contributed by atoms with Crippen LogP contribution in [0.4, 0.5) is 5.69 Å². The third-order valence-electron chi connectivity index (χ3n) is 5.15. The fourth-order valence-electron chi connectivity index (χ4n) is 3.54. The zero-order valence-electron chi connectivity index (χ0n) is 17.5. The minimum absolute atomic E-state index is 0. The summed E-state index contributed by atoms with van der Waals surface area (Å²) in [7, 11) is 4.14. The Kier molecular flexibility index (Phi) is 8.05. The van der Waals surface area contributed by atoms with Gasteiger partial charge >= 0.3 is 0 Å². The van der Waals surface area contributed by atoms with E-state index < -0.39 is 0 Å². The minimum atomic E-state index is 0. The first-order chi connectivity index (χ1) is 14.2. The lowest BCUT2D eigenvalue weighted by atomic mass is 10.1.